The van der Waals surface area contributed by atoms with Gasteiger partial charge >= 0.3 is 0 Å². The number of ketones is 1. The molecule has 0 amide bonds. The third kappa shape index (κ3) is 6.59. The largest absolute Gasteiger partial charge is 0.394 e. The Morgan fingerprint density at radius 2 is 1.54 bits per heavy atom. The van der Waals surface area contributed by atoms with Gasteiger partial charge < -0.3 is 52.8 Å². The number of ether oxygens (including phenoxy) is 9. The standard InChI is InChI=1S/C40H58O12/c1-19-11-24-5-7-28-20(2)12-26(45-28)9-10-40-17-33-36(51-40)37-38(50-33)39(52-40)35-29(49-37)8-6-25(47-35)13-22(42)14-27-31(16-30(46-24)21(19)3)48-32(34(27)44-4)15-23(43)18-41/h19,23-39,41,43H,2-3,5-18H2,1,4H3/t19-,23?,24?,25?,26?,27?,28?,29+,30?,31+,32-,33-,34-,35?,36?,37?,38?,39?,40+/m1/s1. The number of carbonyl (C=O) groups is 1. The molecule has 19 atom stereocenters. The molecule has 0 aromatic rings. The van der Waals surface area contributed by atoms with Crippen molar-refractivity contribution in [3.05, 3.63) is 24.3 Å². The average molecular weight is 731 g/mol. The van der Waals surface area contributed by atoms with Gasteiger partial charge in [-0.2, -0.15) is 0 Å². The van der Waals surface area contributed by atoms with Crippen LogP contribution in [0.25, 0.3) is 0 Å². The summed E-state index contributed by atoms with van der Waals surface area (Å²) in [5, 5.41) is 20.1. The van der Waals surface area contributed by atoms with Gasteiger partial charge in [-0.3, -0.25) is 4.79 Å². The highest BCUT2D eigenvalue weighted by molar-refractivity contribution is 5.79. The first-order valence-corrected chi connectivity index (χ1v) is 20.1. The Balaban J connectivity index is 0.994. The van der Waals surface area contributed by atoms with E-state index in [0.29, 0.717) is 25.7 Å². The smallest absolute Gasteiger partial charge is 0.172 e. The van der Waals surface area contributed by atoms with Gasteiger partial charge in [0.2, 0.25) is 0 Å². The first-order valence-electron chi connectivity index (χ1n) is 20.1. The quantitative estimate of drug-likeness (QED) is 0.410. The second-order valence-electron chi connectivity index (χ2n) is 17.4. The molecule has 1 spiro atoms. The molecule has 10 aliphatic heterocycles. The minimum atomic E-state index is -0.951. The Labute approximate surface area is 306 Å². The summed E-state index contributed by atoms with van der Waals surface area (Å²) in [5.41, 5.74) is 2.17. The maximum atomic E-state index is 14.0. The molecule has 10 aliphatic rings. The van der Waals surface area contributed by atoms with Crippen molar-refractivity contribution in [2.24, 2.45) is 11.8 Å². The molecule has 0 aromatic carbocycles. The lowest BCUT2D eigenvalue weighted by Crippen LogP contribution is -2.61. The predicted molar refractivity (Wildman–Crippen MR) is 184 cm³/mol. The van der Waals surface area contributed by atoms with E-state index in [1.54, 1.807) is 7.11 Å². The third-order valence-electron chi connectivity index (χ3n) is 13.9. The number of aliphatic hydroxyl groups is 2. The van der Waals surface area contributed by atoms with Gasteiger partial charge in [0.15, 0.2) is 5.79 Å². The van der Waals surface area contributed by atoms with E-state index < -0.39 is 24.1 Å². The SMILES string of the molecule is C=C1CC2CC[C@@]34C[C@H]5OC6C(O3)C3OC(CC[C@@H]3OC6C5O4)CC(=O)CC3[C@H](CC4OC(CCC1O2)C[C@@H](C)C4=C)O[C@H](CC(O)CO)[C@@H]3OC. The van der Waals surface area contributed by atoms with E-state index in [0.717, 1.165) is 49.7 Å². The summed E-state index contributed by atoms with van der Waals surface area (Å²) in [6.45, 7) is 10.7. The predicted octanol–water partition coefficient (Wildman–Crippen LogP) is 3.47. The number of carbonyl (C=O) groups excluding carboxylic acids is 1. The summed E-state index contributed by atoms with van der Waals surface area (Å²) in [7, 11) is 1.63. The second-order valence-corrected chi connectivity index (χ2v) is 17.4. The van der Waals surface area contributed by atoms with Crippen molar-refractivity contribution in [2.45, 2.75) is 194 Å². The monoisotopic (exact) mass is 730 g/mol. The zero-order valence-electron chi connectivity index (χ0n) is 30.7. The molecule has 52 heavy (non-hydrogen) atoms. The molecule has 10 fully saturated rings. The molecule has 12 bridgehead atoms. The van der Waals surface area contributed by atoms with Crippen LogP contribution >= 0.6 is 0 Å². The highest BCUT2D eigenvalue weighted by Gasteiger charge is 2.68. The van der Waals surface area contributed by atoms with Gasteiger partial charge in [0.1, 0.15) is 36.3 Å². The third-order valence-corrected chi connectivity index (χ3v) is 13.9. The van der Waals surface area contributed by atoms with Crippen molar-refractivity contribution in [3.63, 3.8) is 0 Å². The van der Waals surface area contributed by atoms with Crippen LogP contribution in [-0.4, -0.2) is 133 Å². The lowest BCUT2D eigenvalue weighted by molar-refractivity contribution is -0.292. The molecule has 0 saturated carbocycles. The fraction of sp³-hybridized carbons (Fsp3) is 0.875. The number of Topliss-reactive ketones (excluding diaryl/α,β-unsaturated/α-hetero) is 1. The molecule has 2 N–H and O–H groups in total. The molecular formula is C40H58O12. The van der Waals surface area contributed by atoms with Gasteiger partial charge in [0.25, 0.3) is 0 Å². The maximum Gasteiger partial charge on any atom is 0.172 e. The van der Waals surface area contributed by atoms with Crippen LogP contribution in [0.4, 0.5) is 0 Å². The zero-order valence-corrected chi connectivity index (χ0v) is 30.7. The minimum absolute atomic E-state index is 0.0260. The molecular weight excluding hydrogens is 672 g/mol. The number of fused-ring (bicyclic) bond motifs is 6. The van der Waals surface area contributed by atoms with Gasteiger partial charge in [-0.1, -0.05) is 20.1 Å². The van der Waals surface area contributed by atoms with E-state index in [1.807, 2.05) is 0 Å². The summed E-state index contributed by atoms with van der Waals surface area (Å²) < 4.78 is 59.8. The fourth-order valence-corrected chi connectivity index (χ4v) is 11.3. The van der Waals surface area contributed by atoms with Crippen LogP contribution < -0.4 is 0 Å². The average Bonchev–Trinajstić information content (AvgIpc) is 3.79. The Hall–Kier alpha value is -1.29. The Bertz CT molecular complexity index is 1370. The van der Waals surface area contributed by atoms with Crippen molar-refractivity contribution in [3.8, 4) is 0 Å². The van der Waals surface area contributed by atoms with Gasteiger partial charge in [-0.05, 0) is 62.0 Å². The zero-order chi connectivity index (χ0) is 35.9. The molecule has 0 radical (unpaired) electrons. The maximum absolute atomic E-state index is 14.0. The van der Waals surface area contributed by atoms with Crippen molar-refractivity contribution < 1.29 is 57.6 Å². The normalized spacial score (nSPS) is 52.4. The lowest BCUT2D eigenvalue weighted by Gasteiger charge is -2.47. The highest BCUT2D eigenvalue weighted by Crippen LogP contribution is 2.54. The van der Waals surface area contributed by atoms with Crippen LogP contribution in [0.1, 0.15) is 90.4 Å². The molecule has 290 valence electrons. The summed E-state index contributed by atoms with van der Waals surface area (Å²) in [6.07, 6.45) is 4.01. The molecule has 0 aromatic heterocycles. The number of rotatable bonds is 4. The number of methoxy groups -OCH3 is 1. The first kappa shape index (κ1) is 36.4. The van der Waals surface area contributed by atoms with E-state index in [1.165, 1.54) is 0 Å². The summed E-state index contributed by atoms with van der Waals surface area (Å²) in [5.74, 6) is -0.709. The van der Waals surface area contributed by atoms with Gasteiger partial charge in [0, 0.05) is 51.6 Å². The van der Waals surface area contributed by atoms with E-state index in [4.69, 9.17) is 42.6 Å². The molecule has 12 unspecified atom stereocenters. The van der Waals surface area contributed by atoms with Crippen LogP contribution in [-0.2, 0) is 47.4 Å². The van der Waals surface area contributed by atoms with Crippen LogP contribution in [0.2, 0.25) is 0 Å². The summed E-state index contributed by atoms with van der Waals surface area (Å²) in [4.78, 5) is 14.0. The number of hydrogen-bond acceptors (Lipinski definition) is 12. The van der Waals surface area contributed by atoms with Crippen molar-refractivity contribution >= 4 is 5.78 Å². The van der Waals surface area contributed by atoms with Crippen LogP contribution in [0, 0.1) is 11.8 Å². The van der Waals surface area contributed by atoms with E-state index in [9.17, 15) is 15.0 Å². The van der Waals surface area contributed by atoms with E-state index in [2.05, 4.69) is 20.1 Å². The van der Waals surface area contributed by atoms with Gasteiger partial charge in [0.05, 0.1) is 73.8 Å². The lowest BCUT2D eigenvalue weighted by atomic mass is 9.81. The van der Waals surface area contributed by atoms with Crippen LogP contribution in [0.15, 0.2) is 24.3 Å². The van der Waals surface area contributed by atoms with Crippen LogP contribution in [0.3, 0.4) is 0 Å². The Morgan fingerprint density at radius 1 is 0.788 bits per heavy atom. The molecule has 12 nitrogen and oxygen atoms in total. The van der Waals surface area contributed by atoms with Gasteiger partial charge in [-0.15, -0.1) is 0 Å². The Kier molecular flexibility index (Phi) is 10.0. The Morgan fingerprint density at radius 3 is 2.37 bits per heavy atom. The molecule has 10 rings (SSSR count). The fourth-order valence-electron chi connectivity index (χ4n) is 11.3. The summed E-state index contributed by atoms with van der Waals surface area (Å²) in [6, 6.07) is 0. The molecule has 12 heteroatoms. The molecule has 10 saturated heterocycles. The van der Waals surface area contributed by atoms with E-state index in [-0.39, 0.29) is 123 Å². The highest BCUT2D eigenvalue weighted by atomic mass is 16.8. The van der Waals surface area contributed by atoms with Crippen molar-refractivity contribution in [1.29, 1.82) is 0 Å². The van der Waals surface area contributed by atoms with E-state index >= 15 is 0 Å². The minimum Gasteiger partial charge on any atom is -0.394 e. The summed E-state index contributed by atoms with van der Waals surface area (Å²) >= 11 is 0. The number of aliphatic hydroxyl groups excluding tert-OH is 2. The topological polar surface area (TPSA) is 141 Å². The molecule has 10 heterocycles. The van der Waals surface area contributed by atoms with Crippen molar-refractivity contribution in [1.82, 2.24) is 0 Å². The number of hydrogen-bond donors (Lipinski definition) is 2. The van der Waals surface area contributed by atoms with Crippen molar-refractivity contribution in [2.75, 3.05) is 13.7 Å². The second kappa shape index (κ2) is 14.3. The molecule has 0 aliphatic carbocycles. The first-order chi connectivity index (χ1) is 25.1. The van der Waals surface area contributed by atoms with Crippen LogP contribution in [0.5, 0.6) is 0 Å². The van der Waals surface area contributed by atoms with Gasteiger partial charge in [-0.25, -0.2) is 0 Å².